The summed E-state index contributed by atoms with van der Waals surface area (Å²) in [6.45, 7) is 12.0. The van der Waals surface area contributed by atoms with Crippen molar-refractivity contribution in [3.8, 4) is 0 Å². The Morgan fingerprint density at radius 3 is 1.88 bits per heavy atom. The van der Waals surface area contributed by atoms with E-state index in [1.807, 2.05) is 7.05 Å². The molecule has 0 aliphatic heterocycles. The van der Waals surface area contributed by atoms with Gasteiger partial charge in [0.25, 0.3) is 0 Å². The van der Waals surface area contributed by atoms with Gasteiger partial charge in [-0.3, -0.25) is 0 Å². The summed E-state index contributed by atoms with van der Waals surface area (Å²) in [6.07, 6.45) is 0. The maximum atomic E-state index is 3.54. The Morgan fingerprint density at radius 2 is 1.47 bits per heavy atom. The molecule has 17 heavy (non-hydrogen) atoms. The minimum Gasteiger partial charge on any atom is -0.379 e. The van der Waals surface area contributed by atoms with Gasteiger partial charge in [-0.1, -0.05) is 32.9 Å². The van der Waals surface area contributed by atoms with Gasteiger partial charge in [-0.2, -0.15) is 0 Å². The molecule has 2 N–H and O–H groups in total. The Labute approximate surface area is 106 Å². The average Bonchev–Trinajstić information content (AvgIpc) is 2.16. The smallest absolute Gasteiger partial charge is 0.0441 e. The van der Waals surface area contributed by atoms with Crippen LogP contribution in [0.1, 0.15) is 40.2 Å². The van der Waals surface area contributed by atoms with Crippen LogP contribution in [0.5, 0.6) is 0 Å². The summed E-state index contributed by atoms with van der Waals surface area (Å²) in [5, 5.41) is 6.74. The maximum Gasteiger partial charge on any atom is 0.0441 e. The highest BCUT2D eigenvalue weighted by atomic mass is 15.0. The van der Waals surface area contributed by atoms with Crippen molar-refractivity contribution < 1.29 is 0 Å². The zero-order chi connectivity index (χ0) is 13.1. The number of hydrogen-bond acceptors (Lipinski definition) is 2. The molecule has 0 aromatic heterocycles. The van der Waals surface area contributed by atoms with Crippen LogP contribution in [0.2, 0.25) is 0 Å². The van der Waals surface area contributed by atoms with Crippen LogP contribution in [0.4, 0.5) is 5.69 Å². The maximum absolute atomic E-state index is 3.54. The molecule has 0 fully saturated rings. The summed E-state index contributed by atoms with van der Waals surface area (Å²) >= 11 is 0. The predicted octanol–water partition coefficient (Wildman–Crippen LogP) is 3.39. The lowest BCUT2D eigenvalue weighted by Gasteiger charge is -2.28. The molecule has 0 saturated carbocycles. The van der Waals surface area contributed by atoms with Crippen molar-refractivity contribution in [3.05, 3.63) is 29.8 Å². The lowest BCUT2D eigenvalue weighted by molar-refractivity contribution is 0.530. The fourth-order valence-corrected chi connectivity index (χ4v) is 1.93. The summed E-state index contributed by atoms with van der Waals surface area (Å²) < 4.78 is 0. The van der Waals surface area contributed by atoms with Crippen molar-refractivity contribution in [1.29, 1.82) is 0 Å². The largest absolute Gasteiger partial charge is 0.379 e. The molecule has 0 saturated heterocycles. The van der Waals surface area contributed by atoms with Gasteiger partial charge in [0.1, 0.15) is 0 Å². The second-order valence-electron chi connectivity index (χ2n) is 6.37. The summed E-state index contributed by atoms with van der Waals surface area (Å²) in [6, 6.07) is 8.74. The van der Waals surface area contributed by atoms with E-state index in [0.29, 0.717) is 0 Å². The van der Waals surface area contributed by atoms with Crippen LogP contribution in [0.3, 0.4) is 0 Å². The Hall–Kier alpha value is -1.02. The van der Waals surface area contributed by atoms with Crippen LogP contribution >= 0.6 is 0 Å². The topological polar surface area (TPSA) is 24.1 Å². The standard InChI is InChI=1S/C15H26N2/c1-14(2,3)12-7-9-13(10-8-12)17-15(4,5)11-16-6/h7-10,16-17H,11H2,1-6H3. The molecule has 0 aliphatic rings. The third kappa shape index (κ3) is 4.39. The van der Waals surface area contributed by atoms with Crippen LogP contribution in [0, 0.1) is 0 Å². The van der Waals surface area contributed by atoms with Crippen molar-refractivity contribution in [1.82, 2.24) is 5.32 Å². The Morgan fingerprint density at radius 1 is 0.941 bits per heavy atom. The van der Waals surface area contributed by atoms with Crippen LogP contribution in [0.25, 0.3) is 0 Å². The van der Waals surface area contributed by atoms with Crippen LogP contribution in [-0.4, -0.2) is 19.1 Å². The lowest BCUT2D eigenvalue weighted by atomic mass is 9.87. The van der Waals surface area contributed by atoms with Crippen molar-refractivity contribution in [3.63, 3.8) is 0 Å². The third-order valence-corrected chi connectivity index (χ3v) is 2.85. The summed E-state index contributed by atoms with van der Waals surface area (Å²) in [4.78, 5) is 0. The minimum atomic E-state index is 0.0675. The SMILES string of the molecule is CNCC(C)(C)Nc1ccc(C(C)(C)C)cc1. The fraction of sp³-hybridized carbons (Fsp3) is 0.600. The van der Waals surface area contributed by atoms with Crippen molar-refractivity contribution in [2.24, 2.45) is 0 Å². The number of rotatable bonds is 4. The molecular weight excluding hydrogens is 208 g/mol. The van der Waals surface area contributed by atoms with Gasteiger partial charge in [-0.25, -0.2) is 0 Å². The first kappa shape index (κ1) is 14.0. The molecule has 0 bridgehead atoms. The minimum absolute atomic E-state index is 0.0675. The molecular formula is C15H26N2. The van der Waals surface area contributed by atoms with E-state index >= 15 is 0 Å². The van der Waals surface area contributed by atoms with Gasteiger partial charge in [-0.15, -0.1) is 0 Å². The molecule has 0 aliphatic carbocycles. The van der Waals surface area contributed by atoms with Crippen LogP contribution in [0.15, 0.2) is 24.3 Å². The molecule has 1 aromatic carbocycles. The number of likely N-dealkylation sites (N-methyl/N-ethyl adjacent to an activating group) is 1. The van der Waals surface area contributed by atoms with E-state index in [0.717, 1.165) is 6.54 Å². The number of hydrogen-bond donors (Lipinski definition) is 2. The molecule has 0 atom stereocenters. The van der Waals surface area contributed by atoms with E-state index in [2.05, 4.69) is 69.5 Å². The summed E-state index contributed by atoms with van der Waals surface area (Å²) in [5.74, 6) is 0. The first-order valence-corrected chi connectivity index (χ1v) is 6.28. The second kappa shape index (κ2) is 5.09. The Bertz CT molecular complexity index is 344. The molecule has 0 spiro atoms. The van der Waals surface area contributed by atoms with Crippen molar-refractivity contribution in [2.45, 2.75) is 45.6 Å². The highest BCUT2D eigenvalue weighted by Gasteiger charge is 2.17. The predicted molar refractivity (Wildman–Crippen MR) is 76.8 cm³/mol. The highest BCUT2D eigenvalue weighted by Crippen LogP contribution is 2.24. The Kier molecular flexibility index (Phi) is 4.21. The van der Waals surface area contributed by atoms with E-state index in [1.54, 1.807) is 0 Å². The molecule has 0 amide bonds. The number of benzene rings is 1. The molecule has 1 aromatic rings. The van der Waals surface area contributed by atoms with E-state index in [4.69, 9.17) is 0 Å². The van der Waals surface area contributed by atoms with Gasteiger partial charge in [-0.05, 0) is 44.0 Å². The molecule has 96 valence electrons. The normalized spacial score (nSPS) is 12.6. The third-order valence-electron chi connectivity index (χ3n) is 2.85. The molecule has 0 radical (unpaired) electrons. The molecule has 1 rings (SSSR count). The highest BCUT2D eigenvalue weighted by molar-refractivity contribution is 5.47. The van der Waals surface area contributed by atoms with Crippen LogP contribution in [-0.2, 0) is 5.41 Å². The number of nitrogens with one attached hydrogen (secondary N) is 2. The van der Waals surface area contributed by atoms with Crippen molar-refractivity contribution in [2.75, 3.05) is 18.9 Å². The summed E-state index contributed by atoms with van der Waals surface area (Å²) in [5.41, 5.74) is 2.84. The lowest BCUT2D eigenvalue weighted by Crippen LogP contribution is -2.40. The molecule has 0 unspecified atom stereocenters. The first-order valence-electron chi connectivity index (χ1n) is 6.28. The van der Waals surface area contributed by atoms with Crippen LogP contribution < -0.4 is 10.6 Å². The fourth-order valence-electron chi connectivity index (χ4n) is 1.93. The number of anilines is 1. The zero-order valence-electron chi connectivity index (χ0n) is 12.0. The quantitative estimate of drug-likeness (QED) is 0.834. The van der Waals surface area contributed by atoms with E-state index in [9.17, 15) is 0 Å². The summed E-state index contributed by atoms with van der Waals surface area (Å²) in [7, 11) is 1.98. The second-order valence-corrected chi connectivity index (χ2v) is 6.37. The Balaban J connectivity index is 2.75. The molecule has 2 nitrogen and oxygen atoms in total. The van der Waals surface area contributed by atoms with Gasteiger partial charge in [0.15, 0.2) is 0 Å². The van der Waals surface area contributed by atoms with Crippen molar-refractivity contribution >= 4 is 5.69 Å². The first-order chi connectivity index (χ1) is 7.74. The van der Waals surface area contributed by atoms with Gasteiger partial charge in [0.05, 0.1) is 0 Å². The van der Waals surface area contributed by atoms with Gasteiger partial charge in [0, 0.05) is 17.8 Å². The average molecular weight is 234 g/mol. The zero-order valence-corrected chi connectivity index (χ0v) is 12.0. The van der Waals surface area contributed by atoms with E-state index in [1.165, 1.54) is 11.3 Å². The van der Waals surface area contributed by atoms with E-state index in [-0.39, 0.29) is 11.0 Å². The van der Waals surface area contributed by atoms with Gasteiger partial charge in [0.2, 0.25) is 0 Å². The van der Waals surface area contributed by atoms with Gasteiger partial charge < -0.3 is 10.6 Å². The molecule has 0 heterocycles. The monoisotopic (exact) mass is 234 g/mol. The van der Waals surface area contributed by atoms with Gasteiger partial charge >= 0.3 is 0 Å². The van der Waals surface area contributed by atoms with E-state index < -0.39 is 0 Å². The molecule has 2 heteroatoms.